The van der Waals surface area contributed by atoms with Gasteiger partial charge in [-0.25, -0.2) is 0 Å². The van der Waals surface area contributed by atoms with Gasteiger partial charge in [0.1, 0.15) is 0 Å². The molecule has 0 unspecified atom stereocenters. The highest BCUT2D eigenvalue weighted by Gasteiger charge is 2.36. The second-order valence-corrected chi connectivity index (χ2v) is 7.86. The second-order valence-electron chi connectivity index (χ2n) is 7.42. The largest absolute Gasteiger partial charge is 0.349 e. The maximum absolute atomic E-state index is 11.6. The van der Waals surface area contributed by atoms with Gasteiger partial charge in [-0.05, 0) is 35.8 Å². The Labute approximate surface area is 176 Å². The molecule has 2 aromatic carbocycles. The molecule has 0 radical (unpaired) electrons. The Morgan fingerprint density at radius 3 is 2.79 bits per heavy atom. The zero-order valence-corrected chi connectivity index (χ0v) is 17.1. The molecule has 1 fully saturated rings. The van der Waals surface area contributed by atoms with E-state index in [1.54, 1.807) is 6.08 Å². The predicted molar refractivity (Wildman–Crippen MR) is 113 cm³/mol. The number of nitrogens with zero attached hydrogens (tertiary/aromatic N) is 1. The standard InChI is InChI=1S/C23H25ClN2O3/c1-16(19-8-5-9-20(24)13-19)29-23-22(18-6-3-2-4-7-18)26(10-11-28-23)15-17-12-21(27)25-14-17/h2-9,12-13,16,22-23H,10-11,14-15H2,1H3,(H,25,27)/t16-,22+,23-/m1/s1. The van der Waals surface area contributed by atoms with Crippen LogP contribution in [0.4, 0.5) is 0 Å². The van der Waals surface area contributed by atoms with Crippen LogP contribution < -0.4 is 5.32 Å². The molecule has 2 aliphatic heterocycles. The van der Waals surface area contributed by atoms with Gasteiger partial charge in [0.2, 0.25) is 5.91 Å². The van der Waals surface area contributed by atoms with Crippen molar-refractivity contribution in [3.05, 3.63) is 82.4 Å². The smallest absolute Gasteiger partial charge is 0.244 e. The summed E-state index contributed by atoms with van der Waals surface area (Å²) in [6, 6.07) is 17.9. The molecule has 152 valence electrons. The summed E-state index contributed by atoms with van der Waals surface area (Å²) in [5, 5.41) is 3.54. The molecule has 1 amide bonds. The van der Waals surface area contributed by atoms with E-state index in [4.69, 9.17) is 21.1 Å². The Balaban J connectivity index is 1.57. The van der Waals surface area contributed by atoms with Gasteiger partial charge in [0, 0.05) is 30.7 Å². The van der Waals surface area contributed by atoms with Crippen LogP contribution in [0.2, 0.25) is 5.02 Å². The molecule has 5 nitrogen and oxygen atoms in total. The Morgan fingerprint density at radius 2 is 2.07 bits per heavy atom. The van der Waals surface area contributed by atoms with Crippen LogP contribution in [0, 0.1) is 0 Å². The molecule has 2 aromatic rings. The quantitative estimate of drug-likeness (QED) is 0.782. The number of rotatable bonds is 6. The van der Waals surface area contributed by atoms with Gasteiger partial charge in [0.05, 0.1) is 18.8 Å². The van der Waals surface area contributed by atoms with Crippen LogP contribution in [0.15, 0.2) is 66.2 Å². The molecular weight excluding hydrogens is 388 g/mol. The Kier molecular flexibility index (Phi) is 6.31. The van der Waals surface area contributed by atoms with Gasteiger partial charge in [-0.1, -0.05) is 54.1 Å². The lowest BCUT2D eigenvalue weighted by Gasteiger charge is -2.42. The summed E-state index contributed by atoms with van der Waals surface area (Å²) in [7, 11) is 0. The van der Waals surface area contributed by atoms with E-state index in [1.165, 1.54) is 0 Å². The fourth-order valence-corrected chi connectivity index (χ4v) is 4.09. The molecule has 29 heavy (non-hydrogen) atoms. The van der Waals surface area contributed by atoms with E-state index < -0.39 is 6.29 Å². The summed E-state index contributed by atoms with van der Waals surface area (Å²) < 4.78 is 12.5. The Hall–Kier alpha value is -2.18. The maximum Gasteiger partial charge on any atom is 0.244 e. The first-order chi connectivity index (χ1) is 14.1. The van der Waals surface area contributed by atoms with Crippen LogP contribution in [0.1, 0.15) is 30.2 Å². The van der Waals surface area contributed by atoms with Crippen molar-refractivity contribution in [2.24, 2.45) is 0 Å². The van der Waals surface area contributed by atoms with Gasteiger partial charge in [0.15, 0.2) is 6.29 Å². The first kappa shape index (κ1) is 20.1. The minimum Gasteiger partial charge on any atom is -0.349 e. The first-order valence-corrected chi connectivity index (χ1v) is 10.3. The lowest BCUT2D eigenvalue weighted by atomic mass is 10.0. The summed E-state index contributed by atoms with van der Waals surface area (Å²) in [5.74, 6) is -0.0214. The summed E-state index contributed by atoms with van der Waals surface area (Å²) in [5.41, 5.74) is 3.23. The van der Waals surface area contributed by atoms with Gasteiger partial charge < -0.3 is 14.8 Å². The molecule has 0 saturated carbocycles. The third-order valence-electron chi connectivity index (χ3n) is 5.34. The van der Waals surface area contributed by atoms with Crippen molar-refractivity contribution in [3.63, 3.8) is 0 Å². The van der Waals surface area contributed by atoms with E-state index in [1.807, 2.05) is 49.4 Å². The number of hydrogen-bond donors (Lipinski definition) is 1. The average molecular weight is 413 g/mol. The highest BCUT2D eigenvalue weighted by molar-refractivity contribution is 6.30. The minimum atomic E-state index is -0.425. The van der Waals surface area contributed by atoms with Gasteiger partial charge >= 0.3 is 0 Å². The summed E-state index contributed by atoms with van der Waals surface area (Å²) >= 11 is 6.15. The fraction of sp³-hybridized carbons (Fsp3) is 0.348. The SMILES string of the molecule is C[C@@H](O[C@H]1OCCN(CC2=CC(=O)NC2)[C@H]1c1ccccc1)c1cccc(Cl)c1. The highest BCUT2D eigenvalue weighted by Crippen LogP contribution is 2.34. The van der Waals surface area contributed by atoms with Crippen molar-refractivity contribution in [3.8, 4) is 0 Å². The van der Waals surface area contributed by atoms with E-state index in [2.05, 4.69) is 22.3 Å². The summed E-state index contributed by atoms with van der Waals surface area (Å²) in [6.07, 6.45) is 1.10. The zero-order valence-electron chi connectivity index (χ0n) is 16.4. The van der Waals surface area contributed by atoms with Gasteiger partial charge in [-0.3, -0.25) is 9.69 Å². The molecule has 6 heteroatoms. The number of nitrogens with one attached hydrogen (secondary N) is 1. The van der Waals surface area contributed by atoms with E-state index in [9.17, 15) is 4.79 Å². The molecule has 0 aromatic heterocycles. The van der Waals surface area contributed by atoms with E-state index in [-0.39, 0.29) is 18.1 Å². The van der Waals surface area contributed by atoms with Crippen molar-refractivity contribution in [1.82, 2.24) is 10.2 Å². The number of halogens is 1. The second kappa shape index (κ2) is 9.09. The summed E-state index contributed by atoms with van der Waals surface area (Å²) in [4.78, 5) is 13.9. The number of benzene rings is 2. The monoisotopic (exact) mass is 412 g/mol. The normalized spacial score (nSPS) is 23.5. The van der Waals surface area contributed by atoms with Crippen LogP contribution in [0.25, 0.3) is 0 Å². The third-order valence-corrected chi connectivity index (χ3v) is 5.58. The van der Waals surface area contributed by atoms with Crippen molar-refractivity contribution in [2.75, 3.05) is 26.2 Å². The molecule has 1 N–H and O–H groups in total. The van der Waals surface area contributed by atoms with Gasteiger partial charge in [-0.15, -0.1) is 0 Å². The average Bonchev–Trinajstić information content (AvgIpc) is 3.13. The number of ether oxygens (including phenoxy) is 2. The maximum atomic E-state index is 11.6. The van der Waals surface area contributed by atoms with Crippen molar-refractivity contribution >= 4 is 17.5 Å². The van der Waals surface area contributed by atoms with Crippen molar-refractivity contribution < 1.29 is 14.3 Å². The number of carbonyl (C=O) groups excluding carboxylic acids is 1. The molecular formula is C23H25ClN2O3. The lowest BCUT2D eigenvalue weighted by Crippen LogP contribution is -2.47. The van der Waals surface area contributed by atoms with Crippen LogP contribution in [0.3, 0.4) is 0 Å². The van der Waals surface area contributed by atoms with Crippen LogP contribution in [-0.4, -0.2) is 43.3 Å². The minimum absolute atomic E-state index is 0.0214. The summed E-state index contributed by atoms with van der Waals surface area (Å²) in [6.45, 7) is 4.66. The van der Waals surface area contributed by atoms with E-state index >= 15 is 0 Å². The predicted octanol–water partition coefficient (Wildman–Crippen LogP) is 3.87. The fourth-order valence-electron chi connectivity index (χ4n) is 3.89. The topological polar surface area (TPSA) is 50.8 Å². The van der Waals surface area contributed by atoms with Crippen LogP contribution >= 0.6 is 11.6 Å². The molecule has 2 heterocycles. The molecule has 1 saturated heterocycles. The molecule has 3 atom stereocenters. The Morgan fingerprint density at radius 1 is 1.24 bits per heavy atom. The molecule has 0 spiro atoms. The third kappa shape index (κ3) is 4.87. The number of morpholine rings is 1. The molecule has 4 rings (SSSR count). The van der Waals surface area contributed by atoms with Gasteiger partial charge in [0.25, 0.3) is 0 Å². The zero-order chi connectivity index (χ0) is 20.2. The van der Waals surface area contributed by atoms with E-state index in [0.717, 1.165) is 23.2 Å². The van der Waals surface area contributed by atoms with Crippen molar-refractivity contribution in [2.45, 2.75) is 25.4 Å². The number of carbonyl (C=O) groups is 1. The Bertz CT molecular complexity index is 887. The molecule has 0 aliphatic carbocycles. The molecule has 2 aliphatic rings. The van der Waals surface area contributed by atoms with E-state index in [0.29, 0.717) is 24.7 Å². The van der Waals surface area contributed by atoms with Crippen molar-refractivity contribution in [1.29, 1.82) is 0 Å². The lowest BCUT2D eigenvalue weighted by molar-refractivity contribution is -0.228. The highest BCUT2D eigenvalue weighted by atomic mass is 35.5. The molecule has 0 bridgehead atoms. The van der Waals surface area contributed by atoms with Crippen LogP contribution in [0.5, 0.6) is 0 Å². The number of amides is 1. The van der Waals surface area contributed by atoms with Crippen LogP contribution in [-0.2, 0) is 14.3 Å². The number of hydrogen-bond acceptors (Lipinski definition) is 4. The first-order valence-electron chi connectivity index (χ1n) is 9.89. The van der Waals surface area contributed by atoms with Gasteiger partial charge in [-0.2, -0.15) is 0 Å².